The van der Waals surface area contributed by atoms with Crippen molar-refractivity contribution in [2.45, 2.75) is 37.2 Å². The van der Waals surface area contributed by atoms with E-state index in [1.165, 1.54) is 29.4 Å². The van der Waals surface area contributed by atoms with E-state index in [0.29, 0.717) is 13.1 Å². The summed E-state index contributed by atoms with van der Waals surface area (Å²) >= 11 is 6.09. The zero-order valence-corrected chi connectivity index (χ0v) is 18.7. The normalized spacial score (nSPS) is 15.8. The van der Waals surface area contributed by atoms with Crippen LogP contribution in [0.15, 0.2) is 41.3 Å². The highest BCUT2D eigenvalue weighted by Gasteiger charge is 2.28. The van der Waals surface area contributed by atoms with Gasteiger partial charge in [0.2, 0.25) is 10.0 Å². The number of hydrogen-bond donors (Lipinski definition) is 1. The molecule has 1 heterocycles. The van der Waals surface area contributed by atoms with Gasteiger partial charge in [0.1, 0.15) is 17.2 Å². The number of hydrogen-bond acceptors (Lipinski definition) is 5. The quantitative estimate of drug-likeness (QED) is 0.623. The molecule has 1 aliphatic rings. The van der Waals surface area contributed by atoms with Gasteiger partial charge in [-0.1, -0.05) is 24.1 Å². The third-order valence-corrected chi connectivity index (χ3v) is 7.19. The molecule has 1 amide bonds. The Hall–Kier alpha value is -2.56. The highest BCUT2D eigenvalue weighted by molar-refractivity contribution is 7.89. The van der Waals surface area contributed by atoms with Crippen LogP contribution in [-0.2, 0) is 19.6 Å². The number of piperidine rings is 1. The van der Waals surface area contributed by atoms with E-state index < -0.39 is 45.2 Å². The fraction of sp³-hybridized carbons (Fsp3) is 0.333. The lowest BCUT2D eigenvalue weighted by atomic mass is 10.2. The Labute approximate surface area is 189 Å². The average Bonchev–Trinajstić information content (AvgIpc) is 2.75. The number of sulfonamides is 1. The smallest absolute Gasteiger partial charge is 0.344 e. The van der Waals surface area contributed by atoms with Gasteiger partial charge in [-0.15, -0.1) is 0 Å². The van der Waals surface area contributed by atoms with E-state index in [1.54, 1.807) is 0 Å². The van der Waals surface area contributed by atoms with Crippen molar-refractivity contribution < 1.29 is 31.5 Å². The minimum absolute atomic E-state index is 0.00489. The first-order valence-corrected chi connectivity index (χ1v) is 11.7. The van der Waals surface area contributed by atoms with Crippen LogP contribution in [0.1, 0.15) is 36.5 Å². The molecule has 1 saturated heterocycles. The van der Waals surface area contributed by atoms with Gasteiger partial charge in [0, 0.05) is 13.1 Å². The number of anilines is 1. The van der Waals surface area contributed by atoms with Gasteiger partial charge in [-0.25, -0.2) is 22.0 Å². The average molecular weight is 487 g/mol. The molecule has 172 valence electrons. The van der Waals surface area contributed by atoms with Gasteiger partial charge in [-0.05, 0) is 50.1 Å². The number of ether oxygens (including phenoxy) is 1. The minimum atomic E-state index is -3.77. The van der Waals surface area contributed by atoms with Gasteiger partial charge in [0.05, 0.1) is 15.6 Å². The molecule has 7 nitrogen and oxygen atoms in total. The molecule has 2 aromatic rings. The largest absolute Gasteiger partial charge is 0.449 e. The Bertz CT molecular complexity index is 1120. The van der Waals surface area contributed by atoms with Gasteiger partial charge in [0.25, 0.3) is 5.91 Å². The molecule has 1 N–H and O–H groups in total. The summed E-state index contributed by atoms with van der Waals surface area (Å²) in [5.74, 6) is -4.46. The lowest BCUT2D eigenvalue weighted by Gasteiger charge is -2.26. The van der Waals surface area contributed by atoms with Crippen molar-refractivity contribution >= 4 is 39.2 Å². The molecule has 0 aliphatic carbocycles. The zero-order chi connectivity index (χ0) is 23.5. The number of amides is 1. The van der Waals surface area contributed by atoms with Crippen molar-refractivity contribution in [2.24, 2.45) is 0 Å². The van der Waals surface area contributed by atoms with E-state index in [1.807, 2.05) is 0 Å². The molecule has 32 heavy (non-hydrogen) atoms. The summed E-state index contributed by atoms with van der Waals surface area (Å²) in [4.78, 5) is 24.5. The molecule has 1 atom stereocenters. The molecule has 0 unspecified atom stereocenters. The summed E-state index contributed by atoms with van der Waals surface area (Å²) in [5.41, 5.74) is -0.922. The topological polar surface area (TPSA) is 92.8 Å². The lowest BCUT2D eigenvalue weighted by Crippen LogP contribution is -2.35. The number of esters is 1. The summed E-state index contributed by atoms with van der Waals surface area (Å²) < 4.78 is 59.5. The molecule has 1 aliphatic heterocycles. The predicted octanol–water partition coefficient (Wildman–Crippen LogP) is 3.98. The number of nitrogens with zero attached hydrogens (tertiary/aromatic N) is 1. The van der Waals surface area contributed by atoms with Crippen LogP contribution in [-0.4, -0.2) is 43.8 Å². The Balaban J connectivity index is 1.74. The molecule has 0 aromatic heterocycles. The maximum atomic E-state index is 13.7. The van der Waals surface area contributed by atoms with Crippen LogP contribution in [0.25, 0.3) is 0 Å². The maximum Gasteiger partial charge on any atom is 0.344 e. The van der Waals surface area contributed by atoms with Gasteiger partial charge >= 0.3 is 5.97 Å². The van der Waals surface area contributed by atoms with Crippen LogP contribution >= 0.6 is 11.6 Å². The summed E-state index contributed by atoms with van der Waals surface area (Å²) in [6.45, 7) is 2.02. The maximum absolute atomic E-state index is 13.7. The molecule has 0 spiro atoms. The molecular formula is C21H21ClF2N2O5S. The van der Waals surface area contributed by atoms with Crippen LogP contribution in [0.2, 0.25) is 5.02 Å². The fourth-order valence-electron chi connectivity index (χ4n) is 3.22. The van der Waals surface area contributed by atoms with E-state index in [4.69, 9.17) is 16.3 Å². The number of carbonyl (C=O) groups is 2. The third kappa shape index (κ3) is 5.25. The number of rotatable bonds is 6. The van der Waals surface area contributed by atoms with E-state index in [2.05, 4.69) is 5.32 Å². The van der Waals surface area contributed by atoms with Gasteiger partial charge in [0.15, 0.2) is 6.10 Å². The molecule has 0 radical (unpaired) electrons. The van der Waals surface area contributed by atoms with E-state index >= 15 is 0 Å². The molecule has 11 heteroatoms. The number of halogens is 3. The molecule has 0 saturated carbocycles. The number of nitrogens with one attached hydrogen (secondary N) is 1. The fourth-order valence-corrected chi connectivity index (χ4v) is 4.92. The predicted molar refractivity (Wildman–Crippen MR) is 114 cm³/mol. The first kappa shape index (κ1) is 24.1. The van der Waals surface area contributed by atoms with Crippen LogP contribution in [0, 0.1) is 11.6 Å². The molecular weight excluding hydrogens is 466 g/mol. The first-order valence-electron chi connectivity index (χ1n) is 9.87. The number of carbonyl (C=O) groups excluding carboxylic acids is 2. The van der Waals surface area contributed by atoms with Crippen molar-refractivity contribution in [3.8, 4) is 0 Å². The monoisotopic (exact) mass is 486 g/mol. The van der Waals surface area contributed by atoms with Crippen molar-refractivity contribution in [2.75, 3.05) is 18.4 Å². The molecule has 3 rings (SSSR count). The highest BCUT2D eigenvalue weighted by atomic mass is 35.5. The summed E-state index contributed by atoms with van der Waals surface area (Å²) in [5, 5.41) is 2.46. The Kier molecular flexibility index (Phi) is 7.47. The highest BCUT2D eigenvalue weighted by Crippen LogP contribution is 2.28. The molecule has 1 fully saturated rings. The summed E-state index contributed by atoms with van der Waals surface area (Å²) in [6, 6.07) is 6.75. The second kappa shape index (κ2) is 9.93. The SMILES string of the molecule is C[C@@H](OC(=O)c1c(F)cccc1F)C(=O)Nc1cc(S(=O)(=O)N2CCCCC2)ccc1Cl. The second-order valence-corrected chi connectivity index (χ2v) is 9.58. The second-order valence-electron chi connectivity index (χ2n) is 7.24. The van der Waals surface area contributed by atoms with E-state index in [-0.39, 0.29) is 15.6 Å². The van der Waals surface area contributed by atoms with Gasteiger partial charge in [-0.2, -0.15) is 4.31 Å². The van der Waals surface area contributed by atoms with E-state index in [0.717, 1.165) is 37.5 Å². The molecule has 2 aromatic carbocycles. The Morgan fingerprint density at radius 3 is 2.34 bits per heavy atom. The number of benzene rings is 2. The minimum Gasteiger partial charge on any atom is -0.449 e. The molecule has 0 bridgehead atoms. The van der Waals surface area contributed by atoms with Crippen LogP contribution in [0.5, 0.6) is 0 Å². The lowest BCUT2D eigenvalue weighted by molar-refractivity contribution is -0.123. The van der Waals surface area contributed by atoms with Crippen LogP contribution < -0.4 is 5.32 Å². The Morgan fingerprint density at radius 1 is 1.09 bits per heavy atom. The van der Waals surface area contributed by atoms with Crippen LogP contribution in [0.4, 0.5) is 14.5 Å². The van der Waals surface area contributed by atoms with Crippen LogP contribution in [0.3, 0.4) is 0 Å². The summed E-state index contributed by atoms with van der Waals surface area (Å²) in [6.07, 6.45) is 1.05. The Morgan fingerprint density at radius 2 is 1.72 bits per heavy atom. The van der Waals surface area contributed by atoms with Crippen molar-refractivity contribution in [3.05, 3.63) is 58.6 Å². The van der Waals surface area contributed by atoms with Crippen molar-refractivity contribution in [3.63, 3.8) is 0 Å². The van der Waals surface area contributed by atoms with Crippen molar-refractivity contribution in [1.82, 2.24) is 4.31 Å². The van der Waals surface area contributed by atoms with E-state index in [9.17, 15) is 26.8 Å². The first-order chi connectivity index (χ1) is 15.1. The third-order valence-electron chi connectivity index (χ3n) is 4.97. The zero-order valence-electron chi connectivity index (χ0n) is 17.1. The summed E-state index contributed by atoms with van der Waals surface area (Å²) in [7, 11) is -3.77. The standard InChI is InChI=1S/C21H21ClF2N2O5S/c1-13(31-21(28)19-16(23)6-5-7-17(19)24)20(27)25-18-12-14(8-9-15(18)22)32(29,30)26-10-3-2-4-11-26/h5-9,12-13H,2-4,10-11H2,1H3,(H,25,27)/t13-/m1/s1. The van der Waals surface area contributed by atoms with Gasteiger partial charge in [-0.3, -0.25) is 4.79 Å². The van der Waals surface area contributed by atoms with Gasteiger partial charge < -0.3 is 10.1 Å². The van der Waals surface area contributed by atoms with Crippen molar-refractivity contribution in [1.29, 1.82) is 0 Å².